The van der Waals surface area contributed by atoms with E-state index in [1.807, 2.05) is 0 Å². The van der Waals surface area contributed by atoms with Crippen molar-refractivity contribution in [3.63, 3.8) is 0 Å². The molecule has 0 aliphatic rings. The first-order valence-corrected chi connectivity index (χ1v) is 4.91. The molecule has 15 heavy (non-hydrogen) atoms. The molecule has 0 unspecified atom stereocenters. The SMILES string of the molecule is O=C(O)c1ccc(NS(=O)(=O)O)cc1.[Ag]. The third-order valence-corrected chi connectivity index (χ3v) is 1.87. The maximum absolute atomic E-state index is 10.4. The van der Waals surface area contributed by atoms with Crippen LogP contribution in [0.1, 0.15) is 10.4 Å². The van der Waals surface area contributed by atoms with E-state index in [0.29, 0.717) is 0 Å². The van der Waals surface area contributed by atoms with Gasteiger partial charge in [0.2, 0.25) is 0 Å². The van der Waals surface area contributed by atoms with Gasteiger partial charge in [-0.25, -0.2) is 4.79 Å². The number of carboxylic acids is 1. The summed E-state index contributed by atoms with van der Waals surface area (Å²) in [5.41, 5.74) is 0.128. The Morgan fingerprint density at radius 3 is 2.00 bits per heavy atom. The summed E-state index contributed by atoms with van der Waals surface area (Å²) in [6.07, 6.45) is 0. The summed E-state index contributed by atoms with van der Waals surface area (Å²) in [4.78, 5) is 10.4. The summed E-state index contributed by atoms with van der Waals surface area (Å²) in [5.74, 6) is -1.11. The quantitative estimate of drug-likeness (QED) is 0.558. The molecule has 0 atom stereocenters. The zero-order valence-electron chi connectivity index (χ0n) is 7.14. The molecule has 3 N–H and O–H groups in total. The minimum absolute atomic E-state index is 0. The Morgan fingerprint density at radius 1 is 1.20 bits per heavy atom. The Kier molecular flexibility index (Phi) is 4.98. The minimum atomic E-state index is -4.31. The van der Waals surface area contributed by atoms with E-state index in [-0.39, 0.29) is 33.6 Å². The Balaban J connectivity index is 0.00000196. The first kappa shape index (κ1) is 14.1. The van der Waals surface area contributed by atoms with Crippen molar-refractivity contribution in [3.05, 3.63) is 29.8 Å². The van der Waals surface area contributed by atoms with Crippen LogP contribution < -0.4 is 4.72 Å². The standard InChI is InChI=1S/C7H7NO5S.Ag/c9-7(10)5-1-3-6(4-2-5)8-14(11,12)13;/h1-4,8H,(H,9,10)(H,11,12,13);. The second-order valence-corrected chi connectivity index (χ2v) is 3.61. The van der Waals surface area contributed by atoms with Gasteiger partial charge in [-0.15, -0.1) is 0 Å². The van der Waals surface area contributed by atoms with Crippen LogP contribution in [0.15, 0.2) is 24.3 Å². The predicted molar refractivity (Wildman–Crippen MR) is 48.6 cm³/mol. The van der Waals surface area contributed by atoms with E-state index in [9.17, 15) is 13.2 Å². The molecule has 1 radical (unpaired) electrons. The number of rotatable bonds is 3. The summed E-state index contributed by atoms with van der Waals surface area (Å²) >= 11 is 0. The summed E-state index contributed by atoms with van der Waals surface area (Å²) in [5, 5.41) is 8.52. The Labute approximate surface area is 102 Å². The molecule has 6 nitrogen and oxygen atoms in total. The van der Waals surface area contributed by atoms with E-state index in [1.54, 1.807) is 4.72 Å². The number of benzene rings is 1. The number of aromatic carboxylic acids is 1. The van der Waals surface area contributed by atoms with Crippen LogP contribution in [-0.2, 0) is 32.7 Å². The summed E-state index contributed by atoms with van der Waals surface area (Å²) in [6.45, 7) is 0. The van der Waals surface area contributed by atoms with Gasteiger partial charge in [-0.1, -0.05) is 0 Å². The molecule has 0 bridgehead atoms. The van der Waals surface area contributed by atoms with Crippen LogP contribution in [0.25, 0.3) is 0 Å². The van der Waals surface area contributed by atoms with Gasteiger partial charge < -0.3 is 5.11 Å². The topological polar surface area (TPSA) is 104 Å². The minimum Gasteiger partial charge on any atom is -0.478 e. The summed E-state index contributed by atoms with van der Waals surface area (Å²) < 4.78 is 30.9. The molecule has 87 valence electrons. The average Bonchev–Trinajstić information content (AvgIpc) is 2.02. The third-order valence-electron chi connectivity index (χ3n) is 1.38. The smallest absolute Gasteiger partial charge is 0.357 e. The molecular weight excluding hydrogens is 318 g/mol. The number of nitrogens with one attached hydrogen (secondary N) is 1. The van der Waals surface area contributed by atoms with E-state index in [1.165, 1.54) is 24.3 Å². The fourth-order valence-electron chi connectivity index (χ4n) is 0.830. The number of hydrogen-bond acceptors (Lipinski definition) is 3. The Bertz CT molecular complexity index is 441. The van der Waals surface area contributed by atoms with Gasteiger partial charge in [0, 0.05) is 22.4 Å². The van der Waals surface area contributed by atoms with Crippen molar-refractivity contribution in [2.45, 2.75) is 0 Å². The zero-order chi connectivity index (χ0) is 10.8. The second kappa shape index (κ2) is 5.29. The summed E-state index contributed by atoms with van der Waals surface area (Å²) in [7, 11) is -4.31. The van der Waals surface area contributed by atoms with E-state index >= 15 is 0 Å². The van der Waals surface area contributed by atoms with Crippen molar-refractivity contribution in [1.29, 1.82) is 0 Å². The Hall–Kier alpha value is -0.860. The van der Waals surface area contributed by atoms with Gasteiger partial charge in [0.1, 0.15) is 0 Å². The normalized spacial score (nSPS) is 10.2. The molecule has 0 aliphatic carbocycles. The molecular formula is C7H7AgNO5S. The first-order chi connectivity index (χ1) is 6.38. The molecule has 1 rings (SSSR count). The van der Waals surface area contributed by atoms with Crippen LogP contribution in [-0.4, -0.2) is 24.0 Å². The van der Waals surface area contributed by atoms with E-state index < -0.39 is 16.3 Å². The van der Waals surface area contributed by atoms with Crippen LogP contribution in [0, 0.1) is 0 Å². The van der Waals surface area contributed by atoms with Crippen molar-refractivity contribution in [3.8, 4) is 0 Å². The molecule has 0 spiro atoms. The van der Waals surface area contributed by atoms with Crippen LogP contribution >= 0.6 is 0 Å². The molecule has 0 saturated heterocycles. The Morgan fingerprint density at radius 2 is 1.67 bits per heavy atom. The average molecular weight is 325 g/mol. The largest absolute Gasteiger partial charge is 0.478 e. The molecule has 1 aromatic rings. The summed E-state index contributed by atoms with van der Waals surface area (Å²) in [6, 6.07) is 4.90. The maximum atomic E-state index is 10.4. The second-order valence-electron chi connectivity index (χ2n) is 2.46. The fourth-order valence-corrected chi connectivity index (χ4v) is 1.26. The molecule has 0 saturated carbocycles. The van der Waals surface area contributed by atoms with Crippen molar-refractivity contribution in [2.75, 3.05) is 4.72 Å². The third kappa shape index (κ3) is 4.96. The van der Waals surface area contributed by atoms with Crippen molar-refractivity contribution < 1.29 is 45.3 Å². The van der Waals surface area contributed by atoms with Crippen LogP contribution in [0.4, 0.5) is 5.69 Å². The molecule has 0 aromatic heterocycles. The van der Waals surface area contributed by atoms with Gasteiger partial charge in [-0.05, 0) is 24.3 Å². The van der Waals surface area contributed by atoms with Crippen molar-refractivity contribution >= 4 is 22.0 Å². The first-order valence-electron chi connectivity index (χ1n) is 3.47. The number of hydrogen-bond donors (Lipinski definition) is 3. The molecule has 0 aliphatic heterocycles. The zero-order valence-corrected chi connectivity index (χ0v) is 9.44. The maximum Gasteiger partial charge on any atom is 0.357 e. The van der Waals surface area contributed by atoms with Gasteiger partial charge >= 0.3 is 16.3 Å². The number of anilines is 1. The van der Waals surface area contributed by atoms with Crippen molar-refractivity contribution in [1.82, 2.24) is 0 Å². The van der Waals surface area contributed by atoms with E-state index in [2.05, 4.69) is 0 Å². The fraction of sp³-hybridized carbons (Fsp3) is 0. The van der Waals surface area contributed by atoms with Gasteiger partial charge in [-0.2, -0.15) is 8.42 Å². The van der Waals surface area contributed by atoms with E-state index in [4.69, 9.17) is 9.66 Å². The van der Waals surface area contributed by atoms with Crippen molar-refractivity contribution in [2.24, 2.45) is 0 Å². The van der Waals surface area contributed by atoms with Gasteiger partial charge in [-0.3, -0.25) is 9.27 Å². The van der Waals surface area contributed by atoms with Gasteiger partial charge in [0.25, 0.3) is 0 Å². The van der Waals surface area contributed by atoms with Crippen LogP contribution in [0.5, 0.6) is 0 Å². The van der Waals surface area contributed by atoms with E-state index in [0.717, 1.165) is 0 Å². The number of carbonyl (C=O) groups is 1. The van der Waals surface area contributed by atoms with Gasteiger partial charge in [0.15, 0.2) is 0 Å². The van der Waals surface area contributed by atoms with Crippen LogP contribution in [0.2, 0.25) is 0 Å². The molecule has 0 amide bonds. The molecule has 1 aromatic carbocycles. The van der Waals surface area contributed by atoms with Crippen LogP contribution in [0.3, 0.4) is 0 Å². The monoisotopic (exact) mass is 324 g/mol. The molecule has 0 fully saturated rings. The molecule has 8 heteroatoms. The predicted octanol–water partition coefficient (Wildman–Crippen LogP) is 0.597. The number of carboxylic acid groups (broad SMARTS) is 1. The van der Waals surface area contributed by atoms with Gasteiger partial charge in [0.05, 0.1) is 11.3 Å². The molecule has 0 heterocycles.